The lowest BCUT2D eigenvalue weighted by atomic mass is 9.57. The van der Waals surface area contributed by atoms with E-state index in [2.05, 4.69) is 13.8 Å². The molecule has 0 aromatic rings. The Balaban J connectivity index is 0.760. The van der Waals surface area contributed by atoms with E-state index in [1.807, 2.05) is 0 Å². The van der Waals surface area contributed by atoms with Crippen LogP contribution in [0.25, 0.3) is 0 Å². The van der Waals surface area contributed by atoms with Gasteiger partial charge in [0.1, 0.15) is 17.3 Å². The van der Waals surface area contributed by atoms with Crippen molar-refractivity contribution in [3.8, 4) is 0 Å². The minimum atomic E-state index is -5.43. The SMILES string of the molecule is CC1CCC(C(=O)C2CCC(OC3CCC(C(C4CCC(OC5CCC(C(=O)C6CCC(C7CCC(C)C(C(=O)C8CCCCC8)C7)CC6)CC5)CC4)(C(F)(F)F)C(F)(F)F)CC3)CC2)CC1. The van der Waals surface area contributed by atoms with Gasteiger partial charge in [-0.15, -0.1) is 0 Å². The van der Waals surface area contributed by atoms with E-state index in [0.29, 0.717) is 66.7 Å². The number of alkyl halides is 6. The fourth-order valence-corrected chi connectivity index (χ4v) is 16.2. The van der Waals surface area contributed by atoms with Crippen molar-refractivity contribution in [2.24, 2.45) is 76.4 Å². The van der Waals surface area contributed by atoms with Crippen LogP contribution < -0.4 is 0 Å². The summed E-state index contributed by atoms with van der Waals surface area (Å²) in [5, 5.41) is 0. The van der Waals surface area contributed by atoms with Gasteiger partial charge < -0.3 is 9.47 Å². The van der Waals surface area contributed by atoms with Gasteiger partial charge in [-0.1, -0.05) is 46.0 Å². The summed E-state index contributed by atoms with van der Waals surface area (Å²) in [6, 6.07) is 0. The molecule has 8 fully saturated rings. The predicted octanol–water partition coefficient (Wildman–Crippen LogP) is 15.3. The smallest absolute Gasteiger partial charge is 0.375 e. The summed E-state index contributed by atoms with van der Waals surface area (Å²) in [4.78, 5) is 40.6. The van der Waals surface area contributed by atoms with Crippen LogP contribution in [0.4, 0.5) is 26.3 Å². The van der Waals surface area contributed by atoms with Gasteiger partial charge in [0.15, 0.2) is 5.41 Å². The van der Waals surface area contributed by atoms with E-state index in [4.69, 9.17) is 9.47 Å². The van der Waals surface area contributed by atoms with Gasteiger partial charge in [0.25, 0.3) is 0 Å². The first-order valence-corrected chi connectivity index (χ1v) is 28.1. The highest BCUT2D eigenvalue weighted by Gasteiger charge is 2.76. The van der Waals surface area contributed by atoms with Crippen molar-refractivity contribution in [1.29, 1.82) is 0 Å². The van der Waals surface area contributed by atoms with Crippen LogP contribution in [0.15, 0.2) is 0 Å². The van der Waals surface area contributed by atoms with Gasteiger partial charge in [-0.25, -0.2) is 0 Å². The lowest BCUT2D eigenvalue weighted by Crippen LogP contribution is -2.61. The number of hydrogen-bond acceptors (Lipinski definition) is 5. The molecule has 8 aliphatic rings. The molecule has 0 saturated heterocycles. The minimum Gasteiger partial charge on any atom is -0.375 e. The molecule has 0 aliphatic heterocycles. The Hall–Kier alpha value is -1.49. The molecule has 3 unspecified atom stereocenters. The molecule has 8 rings (SSSR count). The van der Waals surface area contributed by atoms with Crippen LogP contribution in [0.2, 0.25) is 0 Å². The van der Waals surface area contributed by atoms with Crippen LogP contribution >= 0.6 is 0 Å². The van der Waals surface area contributed by atoms with E-state index in [1.54, 1.807) is 0 Å². The average molecular weight is 953 g/mol. The molecule has 0 N–H and O–H groups in total. The number of hydrogen-bond donors (Lipinski definition) is 0. The number of carbonyl (C=O) groups is 3. The Morgan fingerprint density at radius 2 is 0.716 bits per heavy atom. The molecule has 382 valence electrons. The molecule has 8 aliphatic carbocycles. The second-order valence-electron chi connectivity index (χ2n) is 24.3. The summed E-state index contributed by atoms with van der Waals surface area (Å²) < 4.78 is 104. The molecule has 3 atom stereocenters. The van der Waals surface area contributed by atoms with E-state index in [0.717, 1.165) is 103 Å². The van der Waals surface area contributed by atoms with Gasteiger partial charge in [-0.2, -0.15) is 26.3 Å². The zero-order chi connectivity index (χ0) is 47.5. The third kappa shape index (κ3) is 11.9. The summed E-state index contributed by atoms with van der Waals surface area (Å²) in [5.74, 6) is 1.25. The summed E-state index contributed by atoms with van der Waals surface area (Å²) in [6.07, 6.45) is 11.2. The van der Waals surface area contributed by atoms with Crippen molar-refractivity contribution < 1.29 is 50.2 Å². The van der Waals surface area contributed by atoms with E-state index in [1.165, 1.54) is 25.7 Å². The predicted molar refractivity (Wildman–Crippen MR) is 248 cm³/mol. The highest BCUT2D eigenvalue weighted by atomic mass is 19.4. The Morgan fingerprint density at radius 3 is 1.12 bits per heavy atom. The normalized spacial score (nSPS) is 40.2. The number of halogens is 6. The molecule has 0 bridgehead atoms. The van der Waals surface area contributed by atoms with Crippen LogP contribution in [0.3, 0.4) is 0 Å². The van der Waals surface area contributed by atoms with Crippen molar-refractivity contribution in [2.75, 3.05) is 0 Å². The van der Waals surface area contributed by atoms with Gasteiger partial charge in [0, 0.05) is 35.5 Å². The van der Waals surface area contributed by atoms with Gasteiger partial charge >= 0.3 is 12.4 Å². The van der Waals surface area contributed by atoms with E-state index in [9.17, 15) is 14.4 Å². The van der Waals surface area contributed by atoms with E-state index >= 15 is 26.3 Å². The third-order valence-electron chi connectivity index (χ3n) is 20.4. The van der Waals surface area contributed by atoms with Crippen molar-refractivity contribution in [2.45, 2.75) is 256 Å². The highest BCUT2D eigenvalue weighted by molar-refractivity contribution is 5.84. The van der Waals surface area contributed by atoms with Gasteiger partial charge in [0.05, 0.1) is 24.4 Å². The van der Waals surface area contributed by atoms with E-state index < -0.39 is 29.6 Å². The lowest BCUT2D eigenvalue weighted by molar-refractivity contribution is -0.383. The average Bonchev–Trinajstić information content (AvgIpc) is 3.32. The van der Waals surface area contributed by atoms with Crippen molar-refractivity contribution in [1.82, 2.24) is 0 Å². The van der Waals surface area contributed by atoms with Gasteiger partial charge in [-0.3, -0.25) is 14.4 Å². The monoisotopic (exact) mass is 953 g/mol. The van der Waals surface area contributed by atoms with Crippen LogP contribution in [0, 0.1) is 76.4 Å². The van der Waals surface area contributed by atoms with Crippen LogP contribution in [-0.4, -0.2) is 54.1 Å². The standard InChI is InChI=1S/C56H86F6O5/c1-35-8-11-39(12-9-35)51(63)41-18-26-46(27-19-41)66-48-30-22-44(23-31-48)54(55(57,58)59,56(60,61)62)45-24-32-49(33-25-45)67-47-28-20-42(21-29-47)52(64)40-16-14-37(15-17-40)43-13-10-36(2)50(34-43)53(65)38-6-4-3-5-7-38/h35-50H,3-34H2,1-2H3. The van der Waals surface area contributed by atoms with Crippen LogP contribution in [-0.2, 0) is 23.9 Å². The Labute approximate surface area is 398 Å². The van der Waals surface area contributed by atoms with Gasteiger partial charge in [-0.05, 0) is 209 Å². The second kappa shape index (κ2) is 22.5. The number of Topliss-reactive ketones (excluding diaryl/α,β-unsaturated/α-hetero) is 3. The Morgan fingerprint density at radius 1 is 0.373 bits per heavy atom. The molecule has 8 saturated carbocycles. The zero-order valence-corrected chi connectivity index (χ0v) is 41.2. The molecule has 0 aromatic carbocycles. The molecule has 11 heteroatoms. The largest absolute Gasteiger partial charge is 0.403 e. The number of ketones is 3. The summed E-state index contributed by atoms with van der Waals surface area (Å²) in [7, 11) is 0. The fourth-order valence-electron chi connectivity index (χ4n) is 16.2. The topological polar surface area (TPSA) is 69.7 Å². The molecule has 5 nitrogen and oxygen atoms in total. The first kappa shape index (κ1) is 51.9. The fraction of sp³-hybridized carbons (Fsp3) is 0.946. The maximum absolute atomic E-state index is 15.2. The molecule has 0 aromatic heterocycles. The van der Waals surface area contributed by atoms with Gasteiger partial charge in [0.2, 0.25) is 0 Å². The van der Waals surface area contributed by atoms with E-state index in [-0.39, 0.29) is 111 Å². The molecule has 0 amide bonds. The van der Waals surface area contributed by atoms with Crippen LogP contribution in [0.1, 0.15) is 219 Å². The third-order valence-corrected chi connectivity index (χ3v) is 20.4. The first-order chi connectivity index (χ1) is 32.0. The Bertz CT molecular complexity index is 1580. The number of rotatable bonds is 13. The zero-order valence-electron chi connectivity index (χ0n) is 41.2. The maximum atomic E-state index is 15.2. The quantitative estimate of drug-likeness (QED) is 0.172. The summed E-state index contributed by atoms with van der Waals surface area (Å²) in [5.41, 5.74) is -3.76. The molecule has 67 heavy (non-hydrogen) atoms. The molecule has 0 spiro atoms. The summed E-state index contributed by atoms with van der Waals surface area (Å²) in [6.45, 7) is 4.52. The van der Waals surface area contributed by atoms with Crippen LogP contribution in [0.5, 0.6) is 0 Å². The molecule has 0 heterocycles. The maximum Gasteiger partial charge on any atom is 0.403 e. The van der Waals surface area contributed by atoms with Crippen molar-refractivity contribution in [3.63, 3.8) is 0 Å². The number of ether oxygens (including phenoxy) is 2. The van der Waals surface area contributed by atoms with Crippen molar-refractivity contribution in [3.05, 3.63) is 0 Å². The lowest BCUT2D eigenvalue weighted by Gasteiger charge is -2.51. The highest BCUT2D eigenvalue weighted by Crippen LogP contribution is 2.65. The molecular formula is C56H86F6O5. The second-order valence-corrected chi connectivity index (χ2v) is 24.3. The molecular weight excluding hydrogens is 867 g/mol. The molecule has 0 radical (unpaired) electrons. The van der Waals surface area contributed by atoms with Crippen molar-refractivity contribution >= 4 is 17.3 Å². The Kier molecular flexibility index (Phi) is 17.4. The first-order valence-electron chi connectivity index (χ1n) is 28.1. The minimum absolute atomic E-state index is 0.00866. The number of carbonyl (C=O) groups excluding carboxylic acids is 3. The summed E-state index contributed by atoms with van der Waals surface area (Å²) >= 11 is 0.